The van der Waals surface area contributed by atoms with Crippen molar-refractivity contribution < 1.29 is 4.92 Å². The van der Waals surface area contributed by atoms with Crippen LogP contribution in [0.25, 0.3) is 0 Å². The van der Waals surface area contributed by atoms with Gasteiger partial charge in [0, 0.05) is 6.54 Å². The molecule has 0 radical (unpaired) electrons. The Kier molecular flexibility index (Phi) is 1.72. The summed E-state index contributed by atoms with van der Waals surface area (Å²) in [5.74, 6) is 0.486. The van der Waals surface area contributed by atoms with E-state index in [0.717, 1.165) is 6.20 Å². The lowest BCUT2D eigenvalue weighted by molar-refractivity contribution is -0.404. The molecule has 0 saturated carbocycles. The topological polar surface area (TPSA) is 67.2 Å². The highest BCUT2D eigenvalue weighted by Crippen LogP contribution is 2.09. The molecule has 0 aromatic rings. The number of nitrogens with zero attached hydrogens (tertiary/aromatic N) is 1. The number of nitro groups is 1. The van der Waals surface area contributed by atoms with Crippen molar-refractivity contribution >= 4 is 0 Å². The van der Waals surface area contributed by atoms with Gasteiger partial charge in [0.05, 0.1) is 10.5 Å². The fraction of sp³-hybridized carbons (Fsp3) is 0.667. The van der Waals surface area contributed by atoms with Crippen LogP contribution in [0.4, 0.5) is 0 Å². The van der Waals surface area contributed by atoms with Crippen molar-refractivity contribution in [3.8, 4) is 0 Å². The van der Waals surface area contributed by atoms with Crippen LogP contribution in [0.2, 0.25) is 0 Å². The van der Waals surface area contributed by atoms with Crippen LogP contribution in [0.15, 0.2) is 12.0 Å². The summed E-state index contributed by atoms with van der Waals surface area (Å²) in [6.07, 6.45) is 0.939. The molecule has 0 atom stereocenters. The number of rotatable bonds is 1. The standard InChI is InChI=1S/C6H11N3O2/c1-6(2)4-7-5(8-6)3-9(10)11/h3,7-8H,4H2,1-2H3. The molecule has 0 unspecified atom stereocenters. The van der Waals surface area contributed by atoms with E-state index in [-0.39, 0.29) is 5.54 Å². The van der Waals surface area contributed by atoms with E-state index < -0.39 is 4.92 Å². The summed E-state index contributed by atoms with van der Waals surface area (Å²) >= 11 is 0. The zero-order chi connectivity index (χ0) is 8.48. The van der Waals surface area contributed by atoms with Crippen molar-refractivity contribution in [3.63, 3.8) is 0 Å². The first-order valence-corrected chi connectivity index (χ1v) is 3.37. The van der Waals surface area contributed by atoms with Gasteiger partial charge in [-0.15, -0.1) is 0 Å². The fourth-order valence-electron chi connectivity index (χ4n) is 0.952. The van der Waals surface area contributed by atoms with E-state index in [0.29, 0.717) is 12.4 Å². The molecule has 62 valence electrons. The molecule has 1 aliphatic heterocycles. The summed E-state index contributed by atoms with van der Waals surface area (Å²) in [6.45, 7) is 4.66. The maximum atomic E-state index is 10.0. The third-order valence-corrected chi connectivity index (χ3v) is 1.43. The molecule has 1 rings (SSSR count). The molecule has 5 heteroatoms. The summed E-state index contributed by atoms with van der Waals surface area (Å²) < 4.78 is 0. The van der Waals surface area contributed by atoms with Gasteiger partial charge in [-0.2, -0.15) is 0 Å². The molecule has 0 bridgehead atoms. The van der Waals surface area contributed by atoms with Crippen LogP contribution in [0.3, 0.4) is 0 Å². The van der Waals surface area contributed by atoms with Gasteiger partial charge >= 0.3 is 0 Å². The highest BCUT2D eigenvalue weighted by atomic mass is 16.6. The van der Waals surface area contributed by atoms with Gasteiger partial charge in [0.2, 0.25) is 0 Å². The molecule has 0 amide bonds. The van der Waals surface area contributed by atoms with E-state index in [9.17, 15) is 10.1 Å². The average Bonchev–Trinajstić information content (AvgIpc) is 2.08. The highest BCUT2D eigenvalue weighted by Gasteiger charge is 2.26. The summed E-state index contributed by atoms with van der Waals surface area (Å²) in [5.41, 5.74) is -0.0815. The molecular formula is C6H11N3O2. The lowest BCUT2D eigenvalue weighted by Gasteiger charge is -2.14. The van der Waals surface area contributed by atoms with Crippen molar-refractivity contribution in [3.05, 3.63) is 22.1 Å². The van der Waals surface area contributed by atoms with E-state index in [1.807, 2.05) is 13.8 Å². The largest absolute Gasteiger partial charge is 0.364 e. The predicted octanol–water partition coefficient (Wildman–Crippen LogP) is 0.0334. The molecule has 0 spiro atoms. The molecule has 2 N–H and O–H groups in total. The van der Waals surface area contributed by atoms with Gasteiger partial charge in [0.25, 0.3) is 6.20 Å². The van der Waals surface area contributed by atoms with Crippen LogP contribution in [-0.4, -0.2) is 17.0 Å². The Hall–Kier alpha value is -1.26. The van der Waals surface area contributed by atoms with E-state index in [1.165, 1.54) is 0 Å². The molecule has 0 aliphatic carbocycles. The van der Waals surface area contributed by atoms with Crippen LogP contribution in [0.5, 0.6) is 0 Å². The van der Waals surface area contributed by atoms with Gasteiger partial charge in [-0.3, -0.25) is 10.1 Å². The van der Waals surface area contributed by atoms with E-state index in [2.05, 4.69) is 10.6 Å². The first kappa shape index (κ1) is 7.84. The summed E-state index contributed by atoms with van der Waals surface area (Å²) in [6, 6.07) is 0. The molecule has 1 saturated heterocycles. The average molecular weight is 157 g/mol. The van der Waals surface area contributed by atoms with Gasteiger partial charge in [-0.1, -0.05) is 0 Å². The maximum Gasteiger partial charge on any atom is 0.274 e. The van der Waals surface area contributed by atoms with Gasteiger partial charge < -0.3 is 10.6 Å². The normalized spacial score (nSPS) is 24.4. The maximum absolute atomic E-state index is 10.0. The van der Waals surface area contributed by atoms with Gasteiger partial charge in [-0.25, -0.2) is 0 Å². The van der Waals surface area contributed by atoms with Crippen molar-refractivity contribution in [1.29, 1.82) is 0 Å². The molecule has 0 aromatic carbocycles. The minimum absolute atomic E-state index is 0.0815. The van der Waals surface area contributed by atoms with Gasteiger partial charge in [0.1, 0.15) is 0 Å². The lowest BCUT2D eigenvalue weighted by atomic mass is 10.1. The predicted molar refractivity (Wildman–Crippen MR) is 40.3 cm³/mol. The number of hydrogen-bond acceptors (Lipinski definition) is 4. The summed E-state index contributed by atoms with van der Waals surface area (Å²) in [5, 5.41) is 15.9. The van der Waals surface area contributed by atoms with E-state index in [1.54, 1.807) is 0 Å². The Morgan fingerprint density at radius 1 is 1.73 bits per heavy atom. The van der Waals surface area contributed by atoms with Gasteiger partial charge in [-0.05, 0) is 13.8 Å². The zero-order valence-electron chi connectivity index (χ0n) is 6.55. The minimum Gasteiger partial charge on any atom is -0.364 e. The molecule has 1 aliphatic rings. The summed E-state index contributed by atoms with van der Waals surface area (Å²) in [7, 11) is 0. The Labute approximate surface area is 64.6 Å². The minimum atomic E-state index is -0.475. The van der Waals surface area contributed by atoms with E-state index >= 15 is 0 Å². The van der Waals surface area contributed by atoms with Gasteiger partial charge in [0.15, 0.2) is 5.82 Å². The molecule has 11 heavy (non-hydrogen) atoms. The van der Waals surface area contributed by atoms with E-state index in [4.69, 9.17) is 0 Å². The first-order chi connectivity index (χ1) is 4.99. The third kappa shape index (κ3) is 2.10. The smallest absolute Gasteiger partial charge is 0.274 e. The molecule has 0 aromatic heterocycles. The molecular weight excluding hydrogens is 146 g/mol. The Bertz CT molecular complexity index is 210. The summed E-state index contributed by atoms with van der Waals surface area (Å²) in [4.78, 5) is 9.54. The molecule has 1 heterocycles. The van der Waals surface area contributed by atoms with Crippen LogP contribution in [-0.2, 0) is 0 Å². The Balaban J connectivity index is 2.61. The monoisotopic (exact) mass is 157 g/mol. The van der Waals surface area contributed by atoms with Crippen LogP contribution >= 0.6 is 0 Å². The fourth-order valence-corrected chi connectivity index (χ4v) is 0.952. The molecule has 1 fully saturated rings. The van der Waals surface area contributed by atoms with Crippen LogP contribution in [0, 0.1) is 10.1 Å². The Morgan fingerprint density at radius 3 is 2.73 bits per heavy atom. The quantitative estimate of drug-likeness (QED) is 0.416. The Morgan fingerprint density at radius 2 is 2.36 bits per heavy atom. The second-order valence-corrected chi connectivity index (χ2v) is 3.19. The number of hydrogen-bond donors (Lipinski definition) is 2. The van der Waals surface area contributed by atoms with Crippen molar-refractivity contribution in [2.24, 2.45) is 0 Å². The number of nitrogens with one attached hydrogen (secondary N) is 2. The lowest BCUT2D eigenvalue weighted by Crippen LogP contribution is -2.34. The zero-order valence-corrected chi connectivity index (χ0v) is 6.55. The second-order valence-electron chi connectivity index (χ2n) is 3.19. The highest BCUT2D eigenvalue weighted by molar-refractivity contribution is 5.06. The van der Waals surface area contributed by atoms with Crippen molar-refractivity contribution in [1.82, 2.24) is 10.6 Å². The molecule has 5 nitrogen and oxygen atoms in total. The van der Waals surface area contributed by atoms with Crippen LogP contribution in [0.1, 0.15) is 13.8 Å². The van der Waals surface area contributed by atoms with Crippen LogP contribution < -0.4 is 10.6 Å². The first-order valence-electron chi connectivity index (χ1n) is 3.37. The second kappa shape index (κ2) is 2.41. The third-order valence-electron chi connectivity index (χ3n) is 1.43. The SMILES string of the molecule is CC1(C)CNC(=C[N+](=O)[O-])N1. The van der Waals surface area contributed by atoms with Crippen molar-refractivity contribution in [2.45, 2.75) is 19.4 Å². The van der Waals surface area contributed by atoms with Crippen molar-refractivity contribution in [2.75, 3.05) is 6.54 Å².